The van der Waals surface area contributed by atoms with E-state index in [9.17, 15) is 24.2 Å². The van der Waals surface area contributed by atoms with Gasteiger partial charge in [-0.1, -0.05) is 48.5 Å². The molecular weight excluding hydrogens is 697 g/mol. The number of fused-ring (bicyclic) bond motifs is 5. The topological polar surface area (TPSA) is 219 Å². The SMILES string of the molecule is CC1(C)O[C@@H]2[C@H](O1)[C@@H](COP(=O)(O)C(F)(F)C[C@H](NC(=O)OCC1c3ccccc3-c3ccccc31)C(=O)O)O[C@H]2n1cnc2c(N)ncnc21. The van der Waals surface area contributed by atoms with Crippen LogP contribution in [0.25, 0.3) is 22.3 Å². The lowest BCUT2D eigenvalue weighted by atomic mass is 9.98. The van der Waals surface area contributed by atoms with Crippen molar-refractivity contribution in [3.63, 3.8) is 0 Å². The van der Waals surface area contributed by atoms with Crippen molar-refractivity contribution in [1.82, 2.24) is 24.8 Å². The average molecular weight is 731 g/mol. The number of alkyl halides is 2. The van der Waals surface area contributed by atoms with Gasteiger partial charge in [0.2, 0.25) is 0 Å². The Morgan fingerprint density at radius 1 is 1.06 bits per heavy atom. The molecule has 4 aromatic rings. The van der Waals surface area contributed by atoms with Gasteiger partial charge in [-0.2, -0.15) is 8.78 Å². The lowest BCUT2D eigenvalue weighted by molar-refractivity contribution is -0.199. The summed E-state index contributed by atoms with van der Waals surface area (Å²) in [6.45, 7) is 2.15. The molecule has 2 aromatic carbocycles. The number of carboxylic acids is 1. The first-order valence-corrected chi connectivity index (χ1v) is 17.4. The summed E-state index contributed by atoms with van der Waals surface area (Å²) < 4.78 is 73.3. The Kier molecular flexibility index (Phi) is 8.80. The van der Waals surface area contributed by atoms with Crippen molar-refractivity contribution in [3.05, 3.63) is 72.3 Å². The maximum absolute atomic E-state index is 15.4. The molecule has 2 aromatic heterocycles. The van der Waals surface area contributed by atoms with Crippen molar-refractivity contribution >= 4 is 36.6 Å². The van der Waals surface area contributed by atoms with Gasteiger partial charge in [0.25, 0.3) is 0 Å². The van der Waals surface area contributed by atoms with Crippen LogP contribution in [-0.2, 0) is 32.8 Å². The largest absolute Gasteiger partial charge is 0.480 e. The summed E-state index contributed by atoms with van der Waals surface area (Å²) in [4.78, 5) is 47.4. The number of anilines is 1. The molecule has 1 aliphatic carbocycles. The van der Waals surface area contributed by atoms with Crippen LogP contribution in [0.3, 0.4) is 0 Å². The van der Waals surface area contributed by atoms with Gasteiger partial charge in [0.05, 0.1) is 19.4 Å². The van der Waals surface area contributed by atoms with E-state index >= 15 is 8.78 Å². The van der Waals surface area contributed by atoms with E-state index < -0.39 is 74.7 Å². The molecule has 16 nitrogen and oxygen atoms in total. The fourth-order valence-electron chi connectivity index (χ4n) is 6.69. The maximum atomic E-state index is 15.4. The smallest absolute Gasteiger partial charge is 0.407 e. The molecule has 0 spiro atoms. The van der Waals surface area contributed by atoms with Crippen LogP contribution in [0.2, 0.25) is 0 Å². The predicted molar refractivity (Wildman–Crippen MR) is 172 cm³/mol. The Bertz CT molecular complexity index is 2000. The number of imidazole rings is 1. The number of aromatic nitrogens is 4. The van der Waals surface area contributed by atoms with Crippen molar-refractivity contribution in [3.8, 4) is 11.1 Å². The van der Waals surface area contributed by atoms with Gasteiger partial charge in [0.1, 0.15) is 42.8 Å². The van der Waals surface area contributed by atoms with Crippen LogP contribution < -0.4 is 11.1 Å². The van der Waals surface area contributed by atoms with Gasteiger partial charge in [-0.15, -0.1) is 0 Å². The normalized spacial score (nSPS) is 24.0. The molecule has 5 N–H and O–H groups in total. The quantitative estimate of drug-likeness (QED) is 0.160. The number of carbonyl (C=O) groups is 2. The lowest BCUT2D eigenvalue weighted by Gasteiger charge is -2.27. The first kappa shape index (κ1) is 34.9. The summed E-state index contributed by atoms with van der Waals surface area (Å²) in [5.74, 6) is -3.31. The number of ether oxygens (including phenoxy) is 4. The number of nitrogen functional groups attached to an aromatic ring is 1. The number of nitrogens with one attached hydrogen (secondary N) is 1. The number of amides is 1. The van der Waals surface area contributed by atoms with Gasteiger partial charge in [-0.25, -0.2) is 24.5 Å². The van der Waals surface area contributed by atoms with Crippen LogP contribution in [0, 0.1) is 0 Å². The number of rotatable bonds is 11. The summed E-state index contributed by atoms with van der Waals surface area (Å²) in [7, 11) is -5.91. The summed E-state index contributed by atoms with van der Waals surface area (Å²) in [5, 5.41) is 11.5. The van der Waals surface area contributed by atoms with Crippen molar-refractivity contribution in [2.45, 2.75) is 68.2 Å². The van der Waals surface area contributed by atoms with Crippen LogP contribution >= 0.6 is 7.60 Å². The zero-order valence-electron chi connectivity index (χ0n) is 27.1. The third-order valence-electron chi connectivity index (χ3n) is 9.00. The Labute approximate surface area is 288 Å². The van der Waals surface area contributed by atoms with E-state index in [1.54, 1.807) is 13.8 Å². The molecule has 51 heavy (non-hydrogen) atoms. The molecule has 1 amide bonds. The molecule has 0 bridgehead atoms. The fourth-order valence-corrected chi connectivity index (χ4v) is 7.64. The van der Waals surface area contributed by atoms with Gasteiger partial charge in [-0.05, 0) is 36.1 Å². The fraction of sp³-hybridized carbons (Fsp3) is 0.406. The van der Waals surface area contributed by atoms with Crippen molar-refractivity contribution in [1.29, 1.82) is 0 Å². The van der Waals surface area contributed by atoms with Gasteiger partial charge >= 0.3 is 25.3 Å². The number of aliphatic carboxylic acids is 1. The second-order valence-electron chi connectivity index (χ2n) is 12.8. The Morgan fingerprint density at radius 2 is 1.71 bits per heavy atom. The molecule has 270 valence electrons. The minimum atomic E-state index is -5.91. The van der Waals surface area contributed by atoms with E-state index in [1.165, 1.54) is 17.2 Å². The monoisotopic (exact) mass is 730 g/mol. The van der Waals surface area contributed by atoms with E-state index in [0.29, 0.717) is 0 Å². The number of nitrogens with zero attached hydrogens (tertiary/aromatic N) is 4. The molecule has 7 rings (SSSR count). The van der Waals surface area contributed by atoms with E-state index in [-0.39, 0.29) is 29.5 Å². The number of carbonyl (C=O) groups excluding carboxylic acids is 1. The third-order valence-corrected chi connectivity index (χ3v) is 10.5. The van der Waals surface area contributed by atoms with Crippen molar-refractivity contribution < 1.29 is 56.4 Å². The van der Waals surface area contributed by atoms with E-state index in [2.05, 4.69) is 15.0 Å². The Balaban J connectivity index is 0.999. The van der Waals surface area contributed by atoms with Gasteiger partial charge in [0.15, 0.2) is 23.5 Å². The number of benzene rings is 2. The highest BCUT2D eigenvalue weighted by Crippen LogP contribution is 2.60. The first-order valence-electron chi connectivity index (χ1n) is 15.8. The molecule has 2 fully saturated rings. The molecule has 6 atom stereocenters. The molecule has 0 saturated carbocycles. The van der Waals surface area contributed by atoms with Crippen molar-refractivity contribution in [2.24, 2.45) is 0 Å². The molecule has 2 aliphatic heterocycles. The number of halogens is 2. The first-order chi connectivity index (χ1) is 24.2. The predicted octanol–water partition coefficient (Wildman–Crippen LogP) is 4.00. The zero-order chi connectivity index (χ0) is 36.3. The summed E-state index contributed by atoms with van der Waals surface area (Å²) in [5.41, 5.74) is 5.47. The Hall–Kier alpha value is -4.58. The standard InChI is InChI=1S/C32H33F2N6O10P/c1-31(2)49-24-22(48-28(25(24)50-31)40-15-38-23-26(35)36-14-37-27(23)40)13-47-51(44,45)32(33,34)11-21(29(41)42)39-30(43)46-12-20-18-9-5-3-7-16(18)17-8-4-6-10-19(17)20/h3-10,14-15,20-22,24-25,28H,11-13H2,1-2H3,(H,39,43)(H,41,42)(H,44,45)(H2,35,36,37)/t21-,22+,24+,25+,28+/m0/s1. The molecule has 1 unspecified atom stereocenters. The zero-order valence-corrected chi connectivity index (χ0v) is 28.0. The third kappa shape index (κ3) is 6.43. The second kappa shape index (κ2) is 12.9. The van der Waals surface area contributed by atoms with Crippen LogP contribution in [0.4, 0.5) is 19.4 Å². The lowest BCUT2D eigenvalue weighted by Crippen LogP contribution is -2.45. The molecule has 0 radical (unpaired) electrons. The highest BCUT2D eigenvalue weighted by Gasteiger charge is 2.58. The number of carboxylic acid groups (broad SMARTS) is 1. The van der Waals surface area contributed by atoms with E-state index in [0.717, 1.165) is 22.3 Å². The molecule has 4 heterocycles. The number of alkyl carbamates (subject to hydrolysis) is 1. The van der Waals surface area contributed by atoms with Crippen LogP contribution in [-0.4, -0.2) is 90.6 Å². The molecule has 19 heteroatoms. The van der Waals surface area contributed by atoms with Gasteiger partial charge in [0, 0.05) is 5.92 Å². The highest BCUT2D eigenvalue weighted by atomic mass is 31.2. The maximum Gasteiger partial charge on any atom is 0.407 e. The van der Waals surface area contributed by atoms with Crippen LogP contribution in [0.15, 0.2) is 61.2 Å². The number of hydrogen-bond acceptors (Lipinski definition) is 12. The summed E-state index contributed by atoms with van der Waals surface area (Å²) >= 11 is 0. The van der Waals surface area contributed by atoms with E-state index in [1.807, 2.05) is 53.8 Å². The molecular formula is C32H33F2N6O10P. The average Bonchev–Trinajstić information content (AvgIpc) is 3.82. The molecule has 3 aliphatic rings. The highest BCUT2D eigenvalue weighted by molar-refractivity contribution is 7.54. The summed E-state index contributed by atoms with van der Waals surface area (Å²) in [6, 6.07) is 12.7. The van der Waals surface area contributed by atoms with E-state index in [4.69, 9.17) is 29.2 Å². The minimum absolute atomic E-state index is 0.105. The summed E-state index contributed by atoms with van der Waals surface area (Å²) in [6.07, 6.45) is -4.48. The number of nitrogens with two attached hydrogens (primary N) is 1. The Morgan fingerprint density at radius 3 is 2.37 bits per heavy atom. The van der Waals surface area contributed by atoms with Crippen LogP contribution in [0.5, 0.6) is 0 Å². The van der Waals surface area contributed by atoms with Gasteiger partial charge < -0.3 is 44.5 Å². The van der Waals surface area contributed by atoms with Crippen LogP contribution in [0.1, 0.15) is 43.5 Å². The number of hydrogen-bond donors (Lipinski definition) is 4. The van der Waals surface area contributed by atoms with Crippen molar-refractivity contribution in [2.75, 3.05) is 18.9 Å². The minimum Gasteiger partial charge on any atom is -0.480 e. The second-order valence-corrected chi connectivity index (χ2v) is 14.7. The molecule has 2 saturated heterocycles. The van der Waals surface area contributed by atoms with Gasteiger partial charge in [-0.3, -0.25) is 9.13 Å².